The molecule has 3 aromatic rings. The van der Waals surface area contributed by atoms with Gasteiger partial charge in [-0.25, -0.2) is 9.97 Å². The van der Waals surface area contributed by atoms with Gasteiger partial charge in [0.15, 0.2) is 16.5 Å². The summed E-state index contributed by atoms with van der Waals surface area (Å²) in [5, 5.41) is 12.0. The number of nitrogens with zero attached hydrogens (tertiary/aromatic N) is 4. The zero-order chi connectivity index (χ0) is 15.5. The number of carbonyl (C=O) groups excluding carboxylic acids is 1. The number of rotatable bonds is 3. The molecule has 0 radical (unpaired) electrons. The van der Waals surface area contributed by atoms with E-state index in [1.807, 2.05) is 18.2 Å². The molecule has 110 valence electrons. The van der Waals surface area contributed by atoms with Crippen molar-refractivity contribution in [3.8, 4) is 10.6 Å². The van der Waals surface area contributed by atoms with Gasteiger partial charge < -0.3 is 5.73 Å². The molecule has 2 heterocycles. The van der Waals surface area contributed by atoms with Crippen LogP contribution in [0.3, 0.4) is 0 Å². The van der Waals surface area contributed by atoms with Crippen LogP contribution >= 0.6 is 22.9 Å². The number of aromatic nitrogens is 4. The maximum Gasteiger partial charge on any atom is 0.279 e. The molecular formula is C13H9ClN6OS. The van der Waals surface area contributed by atoms with E-state index in [0.29, 0.717) is 15.2 Å². The zero-order valence-corrected chi connectivity index (χ0v) is 12.6. The fourth-order valence-corrected chi connectivity index (χ4v) is 2.76. The van der Waals surface area contributed by atoms with Crippen LogP contribution in [0.4, 0.5) is 10.9 Å². The number of nitrogens with one attached hydrogen (secondary N) is 1. The second kappa shape index (κ2) is 6.04. The Morgan fingerprint density at radius 3 is 2.73 bits per heavy atom. The zero-order valence-electron chi connectivity index (χ0n) is 11.0. The van der Waals surface area contributed by atoms with Crippen LogP contribution in [0.5, 0.6) is 0 Å². The maximum absolute atomic E-state index is 12.1. The van der Waals surface area contributed by atoms with E-state index < -0.39 is 5.91 Å². The molecule has 0 unspecified atom stereocenters. The largest absolute Gasteiger partial charge is 0.382 e. The van der Waals surface area contributed by atoms with Crippen LogP contribution in [0.1, 0.15) is 10.5 Å². The van der Waals surface area contributed by atoms with Crippen molar-refractivity contribution in [2.45, 2.75) is 0 Å². The second-order valence-electron chi connectivity index (χ2n) is 4.14. The Labute approximate surface area is 134 Å². The quantitative estimate of drug-likeness (QED) is 0.763. The monoisotopic (exact) mass is 332 g/mol. The van der Waals surface area contributed by atoms with Crippen molar-refractivity contribution in [2.24, 2.45) is 0 Å². The van der Waals surface area contributed by atoms with Gasteiger partial charge in [-0.3, -0.25) is 10.1 Å². The molecule has 1 amide bonds. The van der Waals surface area contributed by atoms with Crippen LogP contribution < -0.4 is 11.1 Å². The fraction of sp³-hybridized carbons (Fsp3) is 0. The summed E-state index contributed by atoms with van der Waals surface area (Å²) in [7, 11) is 0. The molecule has 0 aliphatic carbocycles. The third-order valence-corrected chi connectivity index (χ3v) is 3.89. The van der Waals surface area contributed by atoms with Crippen molar-refractivity contribution in [3.05, 3.63) is 47.4 Å². The molecule has 0 aliphatic rings. The summed E-state index contributed by atoms with van der Waals surface area (Å²) in [6.45, 7) is 0. The molecule has 2 aromatic heterocycles. The number of carbonyl (C=O) groups is 1. The first-order valence-corrected chi connectivity index (χ1v) is 7.31. The summed E-state index contributed by atoms with van der Waals surface area (Å²) >= 11 is 7.31. The highest BCUT2D eigenvalue weighted by atomic mass is 35.5. The van der Waals surface area contributed by atoms with Gasteiger partial charge in [-0.1, -0.05) is 41.1 Å². The van der Waals surface area contributed by atoms with Gasteiger partial charge >= 0.3 is 0 Å². The molecule has 7 nitrogen and oxygen atoms in total. The van der Waals surface area contributed by atoms with Crippen LogP contribution in [0.25, 0.3) is 10.6 Å². The summed E-state index contributed by atoms with van der Waals surface area (Å²) in [5.41, 5.74) is 6.40. The minimum Gasteiger partial charge on any atom is -0.382 e. The number of benzene rings is 1. The SMILES string of the molecule is Nc1nccnc1C(=O)Nc1nnc(-c2ccccc2Cl)s1. The van der Waals surface area contributed by atoms with E-state index in [4.69, 9.17) is 17.3 Å². The third-order valence-electron chi connectivity index (χ3n) is 2.69. The molecule has 0 aliphatic heterocycles. The normalized spacial score (nSPS) is 10.4. The smallest absolute Gasteiger partial charge is 0.279 e. The minimum atomic E-state index is -0.493. The highest BCUT2D eigenvalue weighted by Crippen LogP contribution is 2.31. The lowest BCUT2D eigenvalue weighted by Gasteiger charge is -2.01. The molecule has 9 heteroatoms. The maximum atomic E-state index is 12.1. The molecule has 0 saturated heterocycles. The van der Waals surface area contributed by atoms with E-state index in [1.165, 1.54) is 23.7 Å². The minimum absolute atomic E-state index is 0.0389. The number of nitrogen functional groups attached to an aromatic ring is 1. The molecule has 0 fully saturated rings. The van der Waals surface area contributed by atoms with E-state index in [0.717, 1.165) is 5.56 Å². The Morgan fingerprint density at radius 2 is 1.95 bits per heavy atom. The molecule has 0 spiro atoms. The summed E-state index contributed by atoms with van der Waals surface area (Å²) in [4.78, 5) is 19.8. The predicted octanol–water partition coefficient (Wildman–Crippen LogP) is 2.48. The first kappa shape index (κ1) is 14.4. The molecular weight excluding hydrogens is 324 g/mol. The fourth-order valence-electron chi connectivity index (χ4n) is 1.70. The molecule has 1 aromatic carbocycles. The Morgan fingerprint density at radius 1 is 1.18 bits per heavy atom. The van der Waals surface area contributed by atoms with Gasteiger partial charge in [0, 0.05) is 18.0 Å². The van der Waals surface area contributed by atoms with Crippen molar-refractivity contribution in [1.82, 2.24) is 20.2 Å². The van der Waals surface area contributed by atoms with Gasteiger partial charge in [-0.2, -0.15) is 0 Å². The predicted molar refractivity (Wildman–Crippen MR) is 84.8 cm³/mol. The summed E-state index contributed by atoms with van der Waals surface area (Å²) in [6, 6.07) is 7.26. The van der Waals surface area contributed by atoms with E-state index in [1.54, 1.807) is 6.07 Å². The highest BCUT2D eigenvalue weighted by molar-refractivity contribution is 7.18. The first-order chi connectivity index (χ1) is 10.6. The Hall–Kier alpha value is -2.58. The first-order valence-electron chi connectivity index (χ1n) is 6.11. The van der Waals surface area contributed by atoms with Crippen molar-refractivity contribution in [1.29, 1.82) is 0 Å². The lowest BCUT2D eigenvalue weighted by Crippen LogP contribution is -2.16. The molecule has 0 bridgehead atoms. The summed E-state index contributed by atoms with van der Waals surface area (Å²) in [5.74, 6) is -0.441. The average molecular weight is 333 g/mol. The number of halogens is 1. The topological polar surface area (TPSA) is 107 Å². The van der Waals surface area contributed by atoms with Gasteiger partial charge in [-0.15, -0.1) is 10.2 Å². The van der Waals surface area contributed by atoms with Crippen molar-refractivity contribution < 1.29 is 4.79 Å². The van der Waals surface area contributed by atoms with E-state index in [-0.39, 0.29) is 11.5 Å². The van der Waals surface area contributed by atoms with Crippen LogP contribution in [0.2, 0.25) is 5.02 Å². The standard InChI is InChI=1S/C13H9ClN6OS/c14-8-4-2-1-3-7(8)12-19-20-13(22-12)18-11(21)9-10(15)17-6-5-16-9/h1-6H,(H2,15,17)(H,18,20,21). The van der Waals surface area contributed by atoms with Crippen LogP contribution in [-0.4, -0.2) is 26.1 Å². The number of nitrogens with two attached hydrogens (primary N) is 1. The molecule has 3 N–H and O–H groups in total. The van der Waals surface area contributed by atoms with Crippen molar-refractivity contribution in [3.63, 3.8) is 0 Å². The third kappa shape index (κ3) is 2.87. The van der Waals surface area contributed by atoms with Crippen LogP contribution in [0.15, 0.2) is 36.7 Å². The van der Waals surface area contributed by atoms with Gasteiger partial charge in [0.1, 0.15) is 0 Å². The van der Waals surface area contributed by atoms with E-state index in [2.05, 4.69) is 25.5 Å². The Bertz CT molecular complexity index is 837. The number of hydrogen-bond acceptors (Lipinski definition) is 7. The molecule has 0 saturated carbocycles. The van der Waals surface area contributed by atoms with Gasteiger partial charge in [0.2, 0.25) is 5.13 Å². The van der Waals surface area contributed by atoms with Gasteiger partial charge in [0.05, 0.1) is 5.02 Å². The summed E-state index contributed by atoms with van der Waals surface area (Å²) < 4.78 is 0. The second-order valence-corrected chi connectivity index (χ2v) is 5.52. The molecule has 3 rings (SSSR count). The van der Waals surface area contributed by atoms with Crippen LogP contribution in [0, 0.1) is 0 Å². The van der Waals surface area contributed by atoms with Crippen molar-refractivity contribution in [2.75, 3.05) is 11.1 Å². The highest BCUT2D eigenvalue weighted by Gasteiger charge is 2.16. The van der Waals surface area contributed by atoms with Crippen LogP contribution in [-0.2, 0) is 0 Å². The van der Waals surface area contributed by atoms with E-state index >= 15 is 0 Å². The van der Waals surface area contributed by atoms with E-state index in [9.17, 15) is 4.79 Å². The molecule has 22 heavy (non-hydrogen) atoms. The van der Waals surface area contributed by atoms with Gasteiger partial charge in [-0.05, 0) is 6.07 Å². The number of amides is 1. The Balaban J connectivity index is 1.82. The number of hydrogen-bond donors (Lipinski definition) is 2. The number of anilines is 2. The summed E-state index contributed by atoms with van der Waals surface area (Å²) in [6.07, 6.45) is 2.80. The average Bonchev–Trinajstić information content (AvgIpc) is 2.96. The lowest BCUT2D eigenvalue weighted by molar-refractivity contribution is 0.102. The lowest BCUT2D eigenvalue weighted by atomic mass is 10.2. The molecule has 0 atom stereocenters. The van der Waals surface area contributed by atoms with Gasteiger partial charge in [0.25, 0.3) is 5.91 Å². The Kier molecular flexibility index (Phi) is 3.94. The van der Waals surface area contributed by atoms with Crippen molar-refractivity contribution >= 4 is 39.8 Å².